The number of halogens is 4. The highest BCUT2D eigenvalue weighted by molar-refractivity contribution is 6.33. The SMILES string of the molecule is Cc1cc2c(c(Cl)n1)-c1cccnc1C(O)C(=O)N2CC(=O)Nc1ccc(C(F)(F)F)cc1. The van der Waals surface area contributed by atoms with Crippen LogP contribution in [-0.4, -0.2) is 33.4 Å². The number of nitrogens with zero attached hydrogens (tertiary/aromatic N) is 3. The number of carbonyl (C=O) groups is 2. The Hall–Kier alpha value is -3.50. The summed E-state index contributed by atoms with van der Waals surface area (Å²) in [6.07, 6.45) is -4.75. The predicted octanol–water partition coefficient (Wildman–Crippen LogP) is 4.14. The average Bonchev–Trinajstić information content (AvgIpc) is 2.83. The first-order valence-electron chi connectivity index (χ1n) is 9.65. The lowest BCUT2D eigenvalue weighted by atomic mass is 10.0. The second kappa shape index (κ2) is 8.45. The first-order chi connectivity index (χ1) is 15.6. The molecule has 2 N–H and O–H groups in total. The van der Waals surface area contributed by atoms with Gasteiger partial charge in [-0.2, -0.15) is 13.2 Å². The Morgan fingerprint density at radius 2 is 1.94 bits per heavy atom. The molecule has 0 spiro atoms. The molecular formula is C22H16ClF3N4O3. The molecule has 0 saturated carbocycles. The fourth-order valence-corrected chi connectivity index (χ4v) is 3.89. The summed E-state index contributed by atoms with van der Waals surface area (Å²) in [6, 6.07) is 8.69. The second-order valence-corrected chi connectivity index (χ2v) is 7.69. The maximum absolute atomic E-state index is 13.1. The minimum absolute atomic E-state index is 0.0642. The molecule has 11 heteroatoms. The third-order valence-electron chi connectivity index (χ3n) is 5.04. The Balaban J connectivity index is 1.68. The molecular weight excluding hydrogens is 461 g/mol. The minimum Gasteiger partial charge on any atom is -0.377 e. The van der Waals surface area contributed by atoms with E-state index in [0.29, 0.717) is 16.8 Å². The lowest BCUT2D eigenvalue weighted by molar-refractivity contribution is -0.137. The van der Waals surface area contributed by atoms with Gasteiger partial charge in [0.25, 0.3) is 5.91 Å². The summed E-state index contributed by atoms with van der Waals surface area (Å²) in [4.78, 5) is 35.2. The molecule has 1 unspecified atom stereocenters. The number of amides is 2. The topological polar surface area (TPSA) is 95.4 Å². The standard InChI is InChI=1S/C22H16ClF3N4O3/c1-11-9-15-17(20(23)28-11)14-3-2-8-27-18(14)19(32)21(33)30(15)10-16(31)29-13-6-4-12(5-7-13)22(24,25)26/h2-9,19,32H,10H2,1H3,(H,29,31). The van der Waals surface area contributed by atoms with Crippen molar-refractivity contribution in [2.75, 3.05) is 16.8 Å². The molecule has 7 nitrogen and oxygen atoms in total. The van der Waals surface area contributed by atoms with Crippen LogP contribution in [0.2, 0.25) is 5.15 Å². The lowest BCUT2D eigenvalue weighted by Crippen LogP contribution is -2.40. The van der Waals surface area contributed by atoms with Crippen LogP contribution in [0, 0.1) is 6.92 Å². The first-order valence-corrected chi connectivity index (χ1v) is 10.0. The van der Waals surface area contributed by atoms with Gasteiger partial charge in [-0.1, -0.05) is 17.7 Å². The van der Waals surface area contributed by atoms with Crippen molar-refractivity contribution >= 4 is 34.8 Å². The summed E-state index contributed by atoms with van der Waals surface area (Å²) < 4.78 is 38.3. The number of aliphatic hydroxyl groups excluding tert-OH is 1. The fourth-order valence-electron chi connectivity index (χ4n) is 3.56. The Morgan fingerprint density at radius 1 is 1.24 bits per heavy atom. The second-order valence-electron chi connectivity index (χ2n) is 7.33. The van der Waals surface area contributed by atoms with Crippen LogP contribution in [0.5, 0.6) is 0 Å². The number of pyridine rings is 2. The van der Waals surface area contributed by atoms with Crippen LogP contribution in [0.4, 0.5) is 24.5 Å². The molecule has 4 rings (SSSR count). The van der Waals surface area contributed by atoms with E-state index in [2.05, 4.69) is 15.3 Å². The highest BCUT2D eigenvalue weighted by atomic mass is 35.5. The van der Waals surface area contributed by atoms with Crippen LogP contribution in [0.15, 0.2) is 48.7 Å². The molecule has 1 atom stereocenters. The van der Waals surface area contributed by atoms with Gasteiger partial charge in [-0.05, 0) is 43.3 Å². The smallest absolute Gasteiger partial charge is 0.377 e. The largest absolute Gasteiger partial charge is 0.416 e. The Labute approximate surface area is 190 Å². The maximum Gasteiger partial charge on any atom is 0.416 e. The molecule has 2 aromatic heterocycles. The van der Waals surface area contributed by atoms with E-state index >= 15 is 0 Å². The molecule has 0 radical (unpaired) electrons. The van der Waals surface area contributed by atoms with E-state index in [0.717, 1.165) is 29.2 Å². The van der Waals surface area contributed by atoms with Crippen LogP contribution >= 0.6 is 11.6 Å². The molecule has 3 aromatic rings. The Morgan fingerprint density at radius 3 is 2.61 bits per heavy atom. The number of alkyl halides is 3. The van der Waals surface area contributed by atoms with Crippen molar-refractivity contribution in [3.05, 3.63) is 70.8 Å². The Kier molecular flexibility index (Phi) is 5.81. The normalized spacial score (nSPS) is 15.5. The van der Waals surface area contributed by atoms with Crippen molar-refractivity contribution in [2.45, 2.75) is 19.2 Å². The number of aliphatic hydroxyl groups is 1. The monoisotopic (exact) mass is 476 g/mol. The molecule has 0 aliphatic carbocycles. The van der Waals surface area contributed by atoms with Gasteiger partial charge in [0, 0.05) is 28.7 Å². The van der Waals surface area contributed by atoms with E-state index < -0.39 is 36.2 Å². The van der Waals surface area contributed by atoms with Crippen LogP contribution in [0.1, 0.15) is 23.1 Å². The lowest BCUT2D eigenvalue weighted by Gasteiger charge is -2.24. The van der Waals surface area contributed by atoms with Gasteiger partial charge in [-0.3, -0.25) is 19.5 Å². The number of carbonyl (C=O) groups excluding carboxylic acids is 2. The van der Waals surface area contributed by atoms with Crippen molar-refractivity contribution in [1.29, 1.82) is 0 Å². The summed E-state index contributed by atoms with van der Waals surface area (Å²) >= 11 is 6.38. The molecule has 1 aliphatic rings. The fraction of sp³-hybridized carbons (Fsp3) is 0.182. The van der Waals surface area contributed by atoms with Crippen molar-refractivity contribution in [3.63, 3.8) is 0 Å². The van der Waals surface area contributed by atoms with Crippen LogP contribution in [-0.2, 0) is 15.8 Å². The number of hydrogen-bond donors (Lipinski definition) is 2. The molecule has 2 amide bonds. The molecule has 1 aliphatic heterocycles. The van der Waals surface area contributed by atoms with Crippen molar-refractivity contribution < 1.29 is 27.9 Å². The van der Waals surface area contributed by atoms with Gasteiger partial charge < -0.3 is 10.4 Å². The number of nitrogens with one attached hydrogen (secondary N) is 1. The summed E-state index contributed by atoms with van der Waals surface area (Å²) in [5, 5.41) is 13.2. The zero-order valence-electron chi connectivity index (χ0n) is 17.0. The molecule has 0 saturated heterocycles. The zero-order chi connectivity index (χ0) is 23.9. The third-order valence-corrected chi connectivity index (χ3v) is 5.31. The number of rotatable bonds is 3. The first kappa shape index (κ1) is 22.7. The number of benzene rings is 1. The van der Waals surface area contributed by atoms with Gasteiger partial charge >= 0.3 is 6.18 Å². The average molecular weight is 477 g/mol. The minimum atomic E-state index is -4.50. The maximum atomic E-state index is 13.1. The van der Waals surface area contributed by atoms with Crippen molar-refractivity contribution in [2.24, 2.45) is 0 Å². The van der Waals surface area contributed by atoms with Crippen LogP contribution in [0.3, 0.4) is 0 Å². The van der Waals surface area contributed by atoms with Gasteiger partial charge in [0.1, 0.15) is 11.7 Å². The Bertz CT molecular complexity index is 1250. The van der Waals surface area contributed by atoms with Crippen molar-refractivity contribution in [1.82, 2.24) is 9.97 Å². The number of hydrogen-bond acceptors (Lipinski definition) is 5. The summed E-state index contributed by atoms with van der Waals surface area (Å²) in [5.41, 5.74) is 0.788. The molecule has 1 aromatic carbocycles. The number of anilines is 2. The predicted molar refractivity (Wildman–Crippen MR) is 115 cm³/mol. The van der Waals surface area contributed by atoms with E-state index in [1.165, 1.54) is 6.20 Å². The van der Waals surface area contributed by atoms with Gasteiger partial charge in [0.15, 0.2) is 6.10 Å². The van der Waals surface area contributed by atoms with Gasteiger partial charge in [-0.25, -0.2) is 4.98 Å². The highest BCUT2D eigenvalue weighted by Crippen LogP contribution is 2.43. The summed E-state index contributed by atoms with van der Waals surface area (Å²) in [7, 11) is 0. The van der Waals surface area contributed by atoms with Gasteiger partial charge in [0.2, 0.25) is 5.91 Å². The number of aromatic nitrogens is 2. The van der Waals surface area contributed by atoms with E-state index in [1.807, 2.05) is 0 Å². The van der Waals surface area contributed by atoms with Gasteiger partial charge in [0.05, 0.1) is 16.9 Å². The van der Waals surface area contributed by atoms with Crippen LogP contribution < -0.4 is 10.2 Å². The van der Waals surface area contributed by atoms with E-state index in [1.54, 1.807) is 25.1 Å². The summed E-state index contributed by atoms with van der Waals surface area (Å²) in [6.45, 7) is 1.13. The molecule has 170 valence electrons. The molecule has 0 bridgehead atoms. The van der Waals surface area contributed by atoms with Crippen LogP contribution in [0.25, 0.3) is 11.1 Å². The molecule has 3 heterocycles. The third kappa shape index (κ3) is 4.39. The zero-order valence-corrected chi connectivity index (χ0v) is 17.8. The van der Waals surface area contributed by atoms with E-state index in [-0.39, 0.29) is 22.2 Å². The number of fused-ring (bicyclic) bond motifs is 3. The summed E-state index contributed by atoms with van der Waals surface area (Å²) in [5.74, 6) is -1.50. The molecule has 0 fully saturated rings. The van der Waals surface area contributed by atoms with Crippen molar-refractivity contribution in [3.8, 4) is 11.1 Å². The quantitative estimate of drug-likeness (QED) is 0.554. The van der Waals surface area contributed by atoms with Gasteiger partial charge in [-0.15, -0.1) is 0 Å². The molecule has 33 heavy (non-hydrogen) atoms. The highest BCUT2D eigenvalue weighted by Gasteiger charge is 2.36. The number of aryl methyl sites for hydroxylation is 1. The van der Waals surface area contributed by atoms with E-state index in [9.17, 15) is 27.9 Å². The van der Waals surface area contributed by atoms with E-state index in [4.69, 9.17) is 11.6 Å².